The summed E-state index contributed by atoms with van der Waals surface area (Å²) in [5, 5.41) is 5.88. The quantitative estimate of drug-likeness (QED) is 0.594. The number of hydrogen-bond acceptors (Lipinski definition) is 5. The molecule has 3 rings (SSSR count). The topological polar surface area (TPSA) is 92.9 Å². The molecule has 1 saturated heterocycles. The molecule has 1 unspecified atom stereocenters. The Morgan fingerprint density at radius 3 is 2.58 bits per heavy atom. The molecule has 2 N–H and O–H groups in total. The van der Waals surface area contributed by atoms with Crippen LogP contribution >= 0.6 is 27.5 Å². The van der Waals surface area contributed by atoms with Crippen molar-refractivity contribution in [3.05, 3.63) is 63.1 Å². The largest absolute Gasteiger partial charge is 0.483 e. The molecule has 0 radical (unpaired) electrons. The van der Waals surface area contributed by atoms with Gasteiger partial charge >= 0.3 is 0 Å². The van der Waals surface area contributed by atoms with Gasteiger partial charge in [0.1, 0.15) is 5.75 Å². The van der Waals surface area contributed by atoms with Crippen molar-refractivity contribution < 1.29 is 17.9 Å². The maximum atomic E-state index is 12.8. The van der Waals surface area contributed by atoms with Crippen LogP contribution in [0.15, 0.2) is 46.9 Å². The van der Waals surface area contributed by atoms with Gasteiger partial charge in [0.25, 0.3) is 5.91 Å². The Morgan fingerprint density at radius 2 is 1.94 bits per heavy atom. The summed E-state index contributed by atoms with van der Waals surface area (Å²) in [6.07, 6.45) is 0. The first-order valence-corrected chi connectivity index (χ1v) is 12.7. The molecular weight excluding hydrogens is 506 g/mol. The minimum atomic E-state index is -3.73. The molecule has 1 heterocycles. The van der Waals surface area contributed by atoms with Crippen LogP contribution in [0.2, 0.25) is 5.02 Å². The lowest BCUT2D eigenvalue weighted by Gasteiger charge is -2.40. The first-order valence-electron chi connectivity index (χ1n) is 9.78. The molecule has 7 nitrogen and oxygen atoms in total. The van der Waals surface area contributed by atoms with Gasteiger partial charge in [-0.1, -0.05) is 39.7 Å². The molecule has 2 aromatic carbocycles. The number of sulfonamides is 1. The third kappa shape index (κ3) is 7.18. The standard InChI is InChI=1S/C21H25BrClN3O4S/c1-15-11-25(12-16-2-5-19(23)6-3-16)8-9-26(15)21(27)13-30-20-7-4-18(22)10-17(20)14-31(24,28)29/h2-7,10,15H,8-9,11-14H2,1H3,(H2,24,28,29). The number of hydrogen-bond donors (Lipinski definition) is 1. The molecule has 1 amide bonds. The first kappa shape index (κ1) is 24.0. The summed E-state index contributed by atoms with van der Waals surface area (Å²) in [7, 11) is -3.73. The van der Waals surface area contributed by atoms with Crippen molar-refractivity contribution in [3.8, 4) is 5.75 Å². The Labute approximate surface area is 196 Å². The van der Waals surface area contributed by atoms with E-state index in [9.17, 15) is 13.2 Å². The van der Waals surface area contributed by atoms with Crippen molar-refractivity contribution in [2.24, 2.45) is 5.14 Å². The lowest BCUT2D eigenvalue weighted by molar-refractivity contribution is -0.138. The molecule has 1 aliphatic rings. The molecule has 168 valence electrons. The third-order valence-corrected chi connectivity index (χ3v) is 6.54. The second-order valence-corrected chi connectivity index (χ2v) is 10.6. The van der Waals surface area contributed by atoms with Gasteiger partial charge in [-0.25, -0.2) is 13.6 Å². The lowest BCUT2D eigenvalue weighted by Crippen LogP contribution is -2.54. The van der Waals surface area contributed by atoms with Crippen LogP contribution < -0.4 is 9.88 Å². The Morgan fingerprint density at radius 1 is 1.23 bits per heavy atom. The van der Waals surface area contributed by atoms with Crippen LogP contribution in [0.3, 0.4) is 0 Å². The van der Waals surface area contributed by atoms with Gasteiger partial charge in [-0.3, -0.25) is 9.69 Å². The minimum Gasteiger partial charge on any atom is -0.483 e. The molecule has 0 bridgehead atoms. The zero-order chi connectivity index (χ0) is 22.6. The second kappa shape index (κ2) is 10.3. The number of nitrogens with two attached hydrogens (primary N) is 1. The molecule has 0 aliphatic carbocycles. The highest BCUT2D eigenvalue weighted by Gasteiger charge is 2.27. The number of carbonyl (C=O) groups is 1. The van der Waals surface area contributed by atoms with E-state index in [0.29, 0.717) is 27.4 Å². The fraction of sp³-hybridized carbons (Fsp3) is 0.381. The number of rotatable bonds is 7. The maximum absolute atomic E-state index is 12.8. The number of carbonyl (C=O) groups excluding carboxylic acids is 1. The predicted molar refractivity (Wildman–Crippen MR) is 124 cm³/mol. The number of ether oxygens (including phenoxy) is 1. The summed E-state index contributed by atoms with van der Waals surface area (Å²) in [5.41, 5.74) is 1.59. The van der Waals surface area contributed by atoms with E-state index >= 15 is 0 Å². The van der Waals surface area contributed by atoms with Gasteiger partial charge in [0, 0.05) is 47.3 Å². The van der Waals surface area contributed by atoms with Gasteiger partial charge in [0.05, 0.1) is 5.75 Å². The van der Waals surface area contributed by atoms with Crippen molar-refractivity contribution in [3.63, 3.8) is 0 Å². The van der Waals surface area contributed by atoms with Gasteiger partial charge in [0.15, 0.2) is 6.61 Å². The van der Waals surface area contributed by atoms with Crippen LogP contribution in [0.4, 0.5) is 0 Å². The lowest BCUT2D eigenvalue weighted by atomic mass is 10.1. The molecular formula is C21H25BrClN3O4S. The molecule has 1 fully saturated rings. The monoisotopic (exact) mass is 529 g/mol. The first-order chi connectivity index (χ1) is 14.6. The molecule has 0 aromatic heterocycles. The predicted octanol–water partition coefficient (Wildman–Crippen LogP) is 3.00. The highest BCUT2D eigenvalue weighted by molar-refractivity contribution is 9.10. The summed E-state index contributed by atoms with van der Waals surface area (Å²) in [6.45, 7) is 4.76. The fourth-order valence-corrected chi connectivity index (χ4v) is 4.83. The summed E-state index contributed by atoms with van der Waals surface area (Å²) < 4.78 is 29.4. The van der Waals surface area contributed by atoms with E-state index in [4.69, 9.17) is 21.5 Å². The minimum absolute atomic E-state index is 0.0333. The normalized spacial score (nSPS) is 17.5. The van der Waals surface area contributed by atoms with Crippen molar-refractivity contribution in [1.82, 2.24) is 9.80 Å². The number of halogens is 2. The van der Waals surface area contributed by atoms with Crippen LogP contribution in [0.5, 0.6) is 5.75 Å². The molecule has 2 aromatic rings. The van der Waals surface area contributed by atoms with Crippen LogP contribution in [0, 0.1) is 0 Å². The average Bonchev–Trinajstić information content (AvgIpc) is 2.68. The van der Waals surface area contributed by atoms with Crippen molar-refractivity contribution in [2.45, 2.75) is 25.3 Å². The van der Waals surface area contributed by atoms with E-state index in [-0.39, 0.29) is 24.3 Å². The van der Waals surface area contributed by atoms with E-state index in [0.717, 1.165) is 19.6 Å². The van der Waals surface area contributed by atoms with E-state index in [1.165, 1.54) is 5.56 Å². The second-order valence-electron chi connectivity index (χ2n) is 7.65. The van der Waals surface area contributed by atoms with E-state index in [1.54, 1.807) is 23.1 Å². The number of benzene rings is 2. The van der Waals surface area contributed by atoms with E-state index in [2.05, 4.69) is 20.8 Å². The van der Waals surface area contributed by atoms with Crippen molar-refractivity contribution in [2.75, 3.05) is 26.2 Å². The van der Waals surface area contributed by atoms with Gasteiger partial charge in [-0.15, -0.1) is 0 Å². The highest BCUT2D eigenvalue weighted by Crippen LogP contribution is 2.25. The number of primary sulfonamides is 1. The van der Waals surface area contributed by atoms with E-state index in [1.807, 2.05) is 31.2 Å². The molecule has 0 saturated carbocycles. The number of nitrogens with zero attached hydrogens (tertiary/aromatic N) is 2. The Balaban J connectivity index is 1.56. The Kier molecular flexibility index (Phi) is 7.98. The zero-order valence-corrected chi connectivity index (χ0v) is 20.3. The van der Waals surface area contributed by atoms with Gasteiger partial charge in [-0.2, -0.15) is 0 Å². The number of amides is 1. The molecule has 0 spiro atoms. The van der Waals surface area contributed by atoms with Gasteiger partial charge in [-0.05, 0) is 42.8 Å². The molecule has 1 aliphatic heterocycles. The van der Waals surface area contributed by atoms with Crippen LogP contribution in [0.1, 0.15) is 18.1 Å². The van der Waals surface area contributed by atoms with Crippen LogP contribution in [-0.4, -0.2) is 56.4 Å². The van der Waals surface area contributed by atoms with Gasteiger partial charge < -0.3 is 9.64 Å². The molecule has 31 heavy (non-hydrogen) atoms. The Hall–Kier alpha value is -1.65. The van der Waals surface area contributed by atoms with E-state index < -0.39 is 10.0 Å². The maximum Gasteiger partial charge on any atom is 0.260 e. The Bertz CT molecular complexity index is 1030. The summed E-state index contributed by atoms with van der Waals surface area (Å²) in [6, 6.07) is 12.8. The SMILES string of the molecule is CC1CN(Cc2ccc(Cl)cc2)CCN1C(=O)COc1ccc(Br)cc1CS(N)(=O)=O. The fourth-order valence-electron chi connectivity index (χ4n) is 3.64. The summed E-state index contributed by atoms with van der Waals surface area (Å²) in [4.78, 5) is 16.9. The van der Waals surface area contributed by atoms with Crippen molar-refractivity contribution in [1.29, 1.82) is 0 Å². The summed E-state index contributed by atoms with van der Waals surface area (Å²) >= 11 is 9.26. The highest BCUT2D eigenvalue weighted by atomic mass is 79.9. The molecule has 10 heteroatoms. The van der Waals surface area contributed by atoms with Crippen LogP contribution in [0.25, 0.3) is 0 Å². The van der Waals surface area contributed by atoms with Crippen molar-refractivity contribution >= 4 is 43.5 Å². The average molecular weight is 531 g/mol. The third-order valence-electron chi connectivity index (χ3n) is 5.08. The summed E-state index contributed by atoms with van der Waals surface area (Å²) in [5.74, 6) is -0.168. The smallest absolute Gasteiger partial charge is 0.260 e. The molecule has 1 atom stereocenters. The van der Waals surface area contributed by atoms with Gasteiger partial charge in [0.2, 0.25) is 10.0 Å². The van der Waals surface area contributed by atoms with Crippen LogP contribution in [-0.2, 0) is 27.1 Å². The zero-order valence-electron chi connectivity index (χ0n) is 17.1. The number of piperazine rings is 1.